The Labute approximate surface area is 185 Å². The van der Waals surface area contributed by atoms with Crippen LogP contribution in [-0.2, 0) is 0 Å². The van der Waals surface area contributed by atoms with Gasteiger partial charge in [0.15, 0.2) is 0 Å². The predicted molar refractivity (Wildman–Crippen MR) is 128 cm³/mol. The van der Waals surface area contributed by atoms with Crippen molar-refractivity contribution in [3.63, 3.8) is 0 Å². The Bertz CT molecular complexity index is 1390. The number of nitrogens with zero attached hydrogens (tertiary/aromatic N) is 6. The summed E-state index contributed by atoms with van der Waals surface area (Å²) in [4.78, 5) is 17.4. The van der Waals surface area contributed by atoms with E-state index in [1.807, 2.05) is 35.2 Å². The minimum absolute atomic E-state index is 0.577. The van der Waals surface area contributed by atoms with Gasteiger partial charge >= 0.3 is 0 Å². The van der Waals surface area contributed by atoms with Gasteiger partial charge in [-0.3, -0.25) is 0 Å². The van der Waals surface area contributed by atoms with E-state index in [1.54, 1.807) is 6.20 Å². The Morgan fingerprint density at radius 3 is 2.84 bits per heavy atom. The number of hydrogen-bond donors (Lipinski definition) is 2. The second kappa shape index (κ2) is 7.65. The van der Waals surface area contributed by atoms with Crippen molar-refractivity contribution in [2.24, 2.45) is 0 Å². The van der Waals surface area contributed by atoms with Crippen molar-refractivity contribution in [3.05, 3.63) is 67.3 Å². The summed E-state index contributed by atoms with van der Waals surface area (Å²) in [6.45, 7) is 4.25. The van der Waals surface area contributed by atoms with Crippen molar-refractivity contribution in [1.82, 2.24) is 29.5 Å². The van der Waals surface area contributed by atoms with Gasteiger partial charge in [0.2, 0.25) is 5.95 Å². The molecular weight excluding hydrogens is 400 g/mol. The number of rotatable bonds is 4. The molecule has 160 valence electrons. The maximum atomic E-state index is 4.71. The summed E-state index contributed by atoms with van der Waals surface area (Å²) in [5, 5.41) is 8.62. The smallest absolute Gasteiger partial charge is 0.229 e. The van der Waals surface area contributed by atoms with Crippen molar-refractivity contribution in [2.45, 2.75) is 0 Å². The normalized spacial score (nSPS) is 15.0. The highest BCUT2D eigenvalue weighted by Crippen LogP contribution is 2.29. The zero-order valence-corrected chi connectivity index (χ0v) is 17.9. The van der Waals surface area contributed by atoms with E-state index in [0.29, 0.717) is 5.95 Å². The first-order valence-electron chi connectivity index (χ1n) is 10.8. The van der Waals surface area contributed by atoms with Gasteiger partial charge in [-0.15, -0.1) is 0 Å². The van der Waals surface area contributed by atoms with Crippen LogP contribution in [0.2, 0.25) is 0 Å². The number of hydrogen-bond acceptors (Lipinski definition) is 6. The Morgan fingerprint density at radius 1 is 1.03 bits per heavy atom. The summed E-state index contributed by atoms with van der Waals surface area (Å²) in [5.41, 5.74) is 6.25. The Morgan fingerprint density at radius 2 is 1.94 bits per heavy atom. The SMILES string of the molecule is CN1CCN(c2cccc(Nc3ncc4c(-c5ccn6nccc6c5)c[nH]c4n3)c2)CC1. The largest absolute Gasteiger partial charge is 0.369 e. The Balaban J connectivity index is 1.26. The first-order valence-corrected chi connectivity index (χ1v) is 10.8. The van der Waals surface area contributed by atoms with E-state index >= 15 is 0 Å². The molecule has 1 aliphatic heterocycles. The van der Waals surface area contributed by atoms with E-state index in [1.165, 1.54) is 5.69 Å². The highest BCUT2D eigenvalue weighted by atomic mass is 15.2. The molecule has 1 saturated heterocycles. The van der Waals surface area contributed by atoms with Crippen LogP contribution in [0.5, 0.6) is 0 Å². The number of anilines is 3. The van der Waals surface area contributed by atoms with Crippen molar-refractivity contribution in [1.29, 1.82) is 0 Å². The highest BCUT2D eigenvalue weighted by Gasteiger charge is 2.15. The van der Waals surface area contributed by atoms with E-state index in [0.717, 1.165) is 59.5 Å². The standard InChI is InChI=1S/C24H24N8/c1-30-9-11-31(12-10-30)19-4-2-3-18(14-19)28-24-26-16-22-21(15-25-23(22)29-24)17-6-8-32-20(13-17)5-7-27-32/h2-8,13-16H,9-12H2,1H3,(H2,25,26,28,29). The lowest BCUT2D eigenvalue weighted by molar-refractivity contribution is 0.313. The van der Waals surface area contributed by atoms with Gasteiger partial charge in [-0.05, 0) is 49.0 Å². The fourth-order valence-electron chi connectivity index (χ4n) is 4.27. The molecule has 8 nitrogen and oxygen atoms in total. The van der Waals surface area contributed by atoms with E-state index in [-0.39, 0.29) is 0 Å². The molecule has 0 saturated carbocycles. The van der Waals surface area contributed by atoms with E-state index < -0.39 is 0 Å². The summed E-state index contributed by atoms with van der Waals surface area (Å²) >= 11 is 0. The lowest BCUT2D eigenvalue weighted by Gasteiger charge is -2.34. The predicted octanol–water partition coefficient (Wildman–Crippen LogP) is 3.77. The quantitative estimate of drug-likeness (QED) is 0.457. The van der Waals surface area contributed by atoms with Crippen molar-refractivity contribution in [2.75, 3.05) is 43.4 Å². The first kappa shape index (κ1) is 18.8. The number of piperazine rings is 1. The molecule has 0 radical (unpaired) electrons. The minimum atomic E-state index is 0.577. The Hall–Kier alpha value is -3.91. The number of pyridine rings is 1. The van der Waals surface area contributed by atoms with Crippen LogP contribution in [0.15, 0.2) is 67.3 Å². The van der Waals surface area contributed by atoms with E-state index in [9.17, 15) is 0 Å². The lowest BCUT2D eigenvalue weighted by Crippen LogP contribution is -2.44. The van der Waals surface area contributed by atoms with Crippen LogP contribution in [0, 0.1) is 0 Å². The fraction of sp³-hybridized carbons (Fsp3) is 0.208. The number of benzene rings is 1. The number of nitrogens with one attached hydrogen (secondary N) is 2. The topological polar surface area (TPSA) is 77.4 Å². The van der Waals surface area contributed by atoms with Crippen LogP contribution in [0.1, 0.15) is 0 Å². The molecule has 4 aromatic heterocycles. The molecule has 0 unspecified atom stereocenters. The van der Waals surface area contributed by atoms with Gasteiger partial charge in [0, 0.05) is 73.3 Å². The van der Waals surface area contributed by atoms with Crippen LogP contribution in [0.3, 0.4) is 0 Å². The summed E-state index contributed by atoms with van der Waals surface area (Å²) in [6, 6.07) is 14.6. The average molecular weight is 425 g/mol. The van der Waals surface area contributed by atoms with Crippen molar-refractivity contribution >= 4 is 33.9 Å². The molecule has 8 heteroatoms. The van der Waals surface area contributed by atoms with Gasteiger partial charge in [0.25, 0.3) is 0 Å². The molecule has 5 aromatic rings. The molecular formula is C24H24N8. The monoisotopic (exact) mass is 424 g/mol. The van der Waals surface area contributed by atoms with Crippen LogP contribution >= 0.6 is 0 Å². The third kappa shape index (κ3) is 3.44. The number of likely N-dealkylation sites (N-methyl/N-ethyl adjacent to an activating group) is 1. The van der Waals surface area contributed by atoms with Gasteiger partial charge in [0.1, 0.15) is 5.65 Å². The zero-order chi connectivity index (χ0) is 21.5. The van der Waals surface area contributed by atoms with Crippen molar-refractivity contribution in [3.8, 4) is 11.1 Å². The maximum absolute atomic E-state index is 4.71. The van der Waals surface area contributed by atoms with Crippen LogP contribution in [0.4, 0.5) is 17.3 Å². The van der Waals surface area contributed by atoms with Gasteiger partial charge < -0.3 is 20.1 Å². The summed E-state index contributed by atoms with van der Waals surface area (Å²) in [7, 11) is 2.17. The molecule has 1 aliphatic rings. The molecule has 32 heavy (non-hydrogen) atoms. The average Bonchev–Trinajstić information content (AvgIpc) is 3.46. The summed E-state index contributed by atoms with van der Waals surface area (Å²) < 4.78 is 1.85. The van der Waals surface area contributed by atoms with E-state index in [4.69, 9.17) is 4.98 Å². The molecule has 5 heterocycles. The van der Waals surface area contributed by atoms with Crippen molar-refractivity contribution < 1.29 is 0 Å². The summed E-state index contributed by atoms with van der Waals surface area (Å²) in [5.74, 6) is 0.577. The van der Waals surface area contributed by atoms with Gasteiger partial charge in [-0.25, -0.2) is 9.50 Å². The first-order chi connectivity index (χ1) is 15.7. The molecule has 0 bridgehead atoms. The lowest BCUT2D eigenvalue weighted by atomic mass is 10.1. The second-order valence-corrected chi connectivity index (χ2v) is 8.24. The molecule has 0 aliphatic carbocycles. The van der Waals surface area contributed by atoms with Crippen LogP contribution < -0.4 is 10.2 Å². The van der Waals surface area contributed by atoms with Crippen LogP contribution in [0.25, 0.3) is 27.7 Å². The second-order valence-electron chi connectivity index (χ2n) is 8.24. The molecule has 2 N–H and O–H groups in total. The molecule has 0 atom stereocenters. The molecule has 6 rings (SSSR count). The number of aromatic nitrogens is 5. The van der Waals surface area contributed by atoms with E-state index in [2.05, 4.69) is 67.6 Å². The Kier molecular flexibility index (Phi) is 4.50. The molecule has 0 spiro atoms. The third-order valence-electron chi connectivity index (χ3n) is 6.11. The third-order valence-corrected chi connectivity index (χ3v) is 6.11. The number of fused-ring (bicyclic) bond motifs is 2. The zero-order valence-electron chi connectivity index (χ0n) is 17.9. The fourth-order valence-corrected chi connectivity index (χ4v) is 4.27. The number of aromatic amines is 1. The number of H-pyrrole nitrogens is 1. The molecule has 0 amide bonds. The minimum Gasteiger partial charge on any atom is -0.369 e. The van der Waals surface area contributed by atoms with Crippen LogP contribution in [-0.4, -0.2) is 62.7 Å². The summed E-state index contributed by atoms with van der Waals surface area (Å²) in [6.07, 6.45) is 7.63. The molecule has 1 aromatic carbocycles. The maximum Gasteiger partial charge on any atom is 0.229 e. The van der Waals surface area contributed by atoms with Gasteiger partial charge in [-0.1, -0.05) is 6.07 Å². The highest BCUT2D eigenvalue weighted by molar-refractivity contribution is 5.94. The molecule has 1 fully saturated rings. The van der Waals surface area contributed by atoms with Gasteiger partial charge in [-0.2, -0.15) is 10.1 Å². The van der Waals surface area contributed by atoms with Gasteiger partial charge in [0.05, 0.1) is 5.52 Å².